The fraction of sp³-hybridized carbons (Fsp3) is 0.667. The number of aromatic nitrogens is 2. The maximum Gasteiger partial charge on any atom is 0.410 e. The van der Waals surface area contributed by atoms with Gasteiger partial charge < -0.3 is 18.6 Å². The van der Waals surface area contributed by atoms with Gasteiger partial charge in [0, 0.05) is 56.9 Å². The van der Waals surface area contributed by atoms with Gasteiger partial charge in [0.05, 0.1) is 11.8 Å². The summed E-state index contributed by atoms with van der Waals surface area (Å²) in [6.07, 6.45) is 3.47. The number of hydrogen-bond donors (Lipinski definition) is 0. The molecule has 0 saturated carbocycles. The van der Waals surface area contributed by atoms with Crippen LogP contribution in [-0.2, 0) is 15.7 Å². The summed E-state index contributed by atoms with van der Waals surface area (Å²) in [5, 5.41) is 0.189. The molecule has 2 fully saturated rings. The molecule has 0 N–H and O–H groups in total. The number of piperidine rings is 1. The first kappa shape index (κ1) is 30.7. The predicted octanol–water partition coefficient (Wildman–Crippen LogP) is 6.65. The van der Waals surface area contributed by atoms with Gasteiger partial charge in [-0.2, -0.15) is 0 Å². The average Bonchev–Trinajstić information content (AvgIpc) is 3.24. The summed E-state index contributed by atoms with van der Waals surface area (Å²) in [6.45, 7) is 21.6. The minimum absolute atomic E-state index is 0.156. The first-order valence-electron chi connectivity index (χ1n) is 14.4. The minimum atomic E-state index is -1.79. The van der Waals surface area contributed by atoms with E-state index in [-0.39, 0.29) is 23.2 Å². The van der Waals surface area contributed by atoms with Crippen LogP contribution < -0.4 is 0 Å². The molecule has 0 radical (unpaired) electrons. The first-order chi connectivity index (χ1) is 18.5. The Hall–Kier alpha value is -2.30. The summed E-state index contributed by atoms with van der Waals surface area (Å²) < 4.78 is 41.9. The van der Waals surface area contributed by atoms with E-state index < -0.39 is 25.6 Å². The van der Waals surface area contributed by atoms with Gasteiger partial charge in [-0.3, -0.25) is 4.90 Å². The van der Waals surface area contributed by atoms with E-state index in [2.05, 4.69) is 43.3 Å². The van der Waals surface area contributed by atoms with Crippen molar-refractivity contribution in [3.8, 4) is 11.3 Å². The molecule has 222 valence electrons. The number of carbonyl (C=O) groups is 1. The molecule has 2 aromatic rings. The molecule has 0 unspecified atom stereocenters. The number of ether oxygens (including phenoxy) is 1. The number of benzene rings is 1. The number of nitrogens with zero attached hydrogens (tertiary/aromatic N) is 4. The van der Waals surface area contributed by atoms with Gasteiger partial charge in [0.25, 0.3) is 0 Å². The van der Waals surface area contributed by atoms with Crippen molar-refractivity contribution >= 4 is 14.4 Å². The molecule has 7 nitrogen and oxygen atoms in total. The van der Waals surface area contributed by atoms with Gasteiger partial charge in [0.1, 0.15) is 11.4 Å². The first-order valence-corrected chi connectivity index (χ1v) is 17.3. The van der Waals surface area contributed by atoms with E-state index in [1.54, 1.807) is 11.0 Å². The molecule has 2 saturated heterocycles. The van der Waals surface area contributed by atoms with Crippen LogP contribution >= 0.6 is 0 Å². The summed E-state index contributed by atoms with van der Waals surface area (Å²) in [5.41, 5.74) is 0.651. The molecule has 0 spiro atoms. The Kier molecular flexibility index (Phi) is 8.83. The Bertz CT molecular complexity index is 1190. The van der Waals surface area contributed by atoms with Gasteiger partial charge in [0.2, 0.25) is 0 Å². The summed E-state index contributed by atoms with van der Waals surface area (Å²) in [6, 6.07) is 3.92. The van der Waals surface area contributed by atoms with E-state index in [0.717, 1.165) is 50.9 Å². The number of amides is 1. The zero-order valence-electron chi connectivity index (χ0n) is 25.4. The van der Waals surface area contributed by atoms with Crippen molar-refractivity contribution < 1.29 is 22.7 Å². The Morgan fingerprint density at radius 1 is 1.02 bits per heavy atom. The van der Waals surface area contributed by atoms with Crippen LogP contribution in [0.1, 0.15) is 66.1 Å². The Morgan fingerprint density at radius 3 is 2.25 bits per heavy atom. The van der Waals surface area contributed by atoms with Gasteiger partial charge in [-0.15, -0.1) is 0 Å². The van der Waals surface area contributed by atoms with Crippen LogP contribution in [0.25, 0.3) is 11.3 Å². The highest BCUT2D eigenvalue weighted by molar-refractivity contribution is 6.74. The maximum atomic E-state index is 14.0. The van der Waals surface area contributed by atoms with Gasteiger partial charge in [0.15, 0.2) is 20.0 Å². The molecule has 4 rings (SSSR count). The lowest BCUT2D eigenvalue weighted by Crippen LogP contribution is -2.58. The third-order valence-electron chi connectivity index (χ3n) is 8.38. The number of hydrogen-bond acceptors (Lipinski definition) is 5. The number of carbonyl (C=O) groups excluding carboxylic acids is 1. The zero-order valence-corrected chi connectivity index (χ0v) is 26.4. The lowest BCUT2D eigenvalue weighted by atomic mass is 9.96. The lowest BCUT2D eigenvalue weighted by molar-refractivity contribution is 0.00862. The standard InChI is InChI=1S/C30H46F2N4O3Si/c1-29(2,3)38-28(37)35-13-11-21(12-14-35)27-33-26(22-9-10-24(31)25(32)17-22)20-36(27)16-15-34-18-23(19-34)39-40(7,8)30(4,5)6/h9-10,17,20-21,23H,11-16,18-19H2,1-8H3. The fourth-order valence-electron chi connectivity index (χ4n) is 5.00. The van der Waals surface area contributed by atoms with E-state index in [4.69, 9.17) is 14.1 Å². The van der Waals surface area contributed by atoms with Crippen LogP contribution in [0.4, 0.5) is 13.6 Å². The van der Waals surface area contributed by atoms with E-state index in [1.807, 2.05) is 27.0 Å². The molecule has 0 atom stereocenters. The van der Waals surface area contributed by atoms with E-state index in [9.17, 15) is 13.6 Å². The monoisotopic (exact) mass is 576 g/mol. The molecule has 40 heavy (non-hydrogen) atoms. The van der Waals surface area contributed by atoms with E-state index in [0.29, 0.717) is 24.3 Å². The van der Waals surface area contributed by atoms with Crippen LogP contribution in [-0.4, -0.2) is 78.2 Å². The third kappa shape index (κ3) is 7.31. The van der Waals surface area contributed by atoms with Crippen molar-refractivity contribution in [3.63, 3.8) is 0 Å². The summed E-state index contributed by atoms with van der Waals surface area (Å²) in [7, 11) is -1.79. The minimum Gasteiger partial charge on any atom is -0.444 e. The number of halogens is 2. The molecule has 0 bridgehead atoms. The van der Waals surface area contributed by atoms with Crippen molar-refractivity contribution in [3.05, 3.63) is 41.9 Å². The Labute approximate surface area is 239 Å². The molecule has 1 aromatic carbocycles. The molecule has 0 aliphatic carbocycles. The highest BCUT2D eigenvalue weighted by atomic mass is 28.4. The smallest absolute Gasteiger partial charge is 0.410 e. The van der Waals surface area contributed by atoms with Gasteiger partial charge >= 0.3 is 6.09 Å². The van der Waals surface area contributed by atoms with Crippen molar-refractivity contribution in [1.82, 2.24) is 19.4 Å². The largest absolute Gasteiger partial charge is 0.444 e. The summed E-state index contributed by atoms with van der Waals surface area (Å²) >= 11 is 0. The molecule has 3 heterocycles. The molecule has 1 amide bonds. The van der Waals surface area contributed by atoms with Gasteiger partial charge in [-0.25, -0.2) is 18.6 Å². The molecule has 10 heteroatoms. The zero-order chi connectivity index (χ0) is 29.5. The number of imidazole rings is 1. The second-order valence-corrected chi connectivity index (χ2v) is 18.6. The van der Waals surface area contributed by atoms with Crippen molar-refractivity contribution in [1.29, 1.82) is 0 Å². The SMILES string of the molecule is CC(C)(C)OC(=O)N1CCC(c2nc(-c3ccc(F)c(F)c3)cn2CCN2CC(O[Si](C)(C)C(C)(C)C)C2)CC1. The fourth-order valence-corrected chi connectivity index (χ4v) is 6.33. The molecule has 1 aromatic heterocycles. The summed E-state index contributed by atoms with van der Waals surface area (Å²) in [4.78, 5) is 21.6. The highest BCUT2D eigenvalue weighted by Crippen LogP contribution is 2.38. The van der Waals surface area contributed by atoms with Crippen LogP contribution in [0.5, 0.6) is 0 Å². The molecule has 2 aliphatic rings. The quantitative estimate of drug-likeness (QED) is 0.346. The van der Waals surface area contributed by atoms with Crippen molar-refractivity contribution in [2.24, 2.45) is 0 Å². The molecular weight excluding hydrogens is 530 g/mol. The highest BCUT2D eigenvalue weighted by Gasteiger charge is 2.42. The lowest BCUT2D eigenvalue weighted by Gasteiger charge is -2.46. The number of likely N-dealkylation sites (tertiary alicyclic amines) is 2. The Morgan fingerprint density at radius 2 is 1.68 bits per heavy atom. The molecular formula is C30H46F2N4O3Si. The Balaban J connectivity index is 1.43. The van der Waals surface area contributed by atoms with Crippen LogP contribution in [0.15, 0.2) is 24.4 Å². The third-order valence-corrected chi connectivity index (χ3v) is 12.9. The van der Waals surface area contributed by atoms with Gasteiger partial charge in [-0.05, 0) is 69.9 Å². The van der Waals surface area contributed by atoms with Crippen LogP contribution in [0.3, 0.4) is 0 Å². The average molecular weight is 577 g/mol. The normalized spacial score (nSPS) is 18.2. The van der Waals surface area contributed by atoms with Crippen molar-refractivity contribution in [2.75, 3.05) is 32.7 Å². The second kappa shape index (κ2) is 11.5. The van der Waals surface area contributed by atoms with Crippen LogP contribution in [0.2, 0.25) is 18.1 Å². The van der Waals surface area contributed by atoms with Crippen molar-refractivity contribution in [2.45, 2.75) is 96.7 Å². The summed E-state index contributed by atoms with van der Waals surface area (Å²) in [5.74, 6) is -0.667. The second-order valence-electron chi connectivity index (χ2n) is 13.8. The number of rotatable bonds is 7. The van der Waals surface area contributed by atoms with Gasteiger partial charge in [-0.1, -0.05) is 20.8 Å². The molecule has 2 aliphatic heterocycles. The van der Waals surface area contributed by atoms with E-state index in [1.165, 1.54) is 6.07 Å². The predicted molar refractivity (Wildman–Crippen MR) is 156 cm³/mol. The topological polar surface area (TPSA) is 59.8 Å². The maximum absolute atomic E-state index is 14.0. The van der Waals surface area contributed by atoms with E-state index >= 15 is 0 Å². The van der Waals surface area contributed by atoms with Crippen LogP contribution in [0, 0.1) is 11.6 Å².